The monoisotopic (exact) mass is 400 g/mol. The highest BCUT2D eigenvalue weighted by Gasteiger charge is 2.48. The van der Waals surface area contributed by atoms with Gasteiger partial charge in [-0.2, -0.15) is 31.1 Å². The minimum atomic E-state index is -5.91. The van der Waals surface area contributed by atoms with Gasteiger partial charge in [0.25, 0.3) is 0 Å². The molecule has 0 aliphatic rings. The molecule has 0 amide bonds. The van der Waals surface area contributed by atoms with Crippen LogP contribution in [0.1, 0.15) is 11.6 Å². The van der Waals surface area contributed by atoms with Crippen molar-refractivity contribution >= 4 is 20.0 Å². The Morgan fingerprint density at radius 3 is 1.71 bits per heavy atom. The van der Waals surface area contributed by atoms with Crippen LogP contribution in [-0.4, -0.2) is 34.4 Å². The smallest absolute Gasteiger partial charge is 0.205 e. The van der Waals surface area contributed by atoms with Gasteiger partial charge in [0.1, 0.15) is 0 Å². The minimum absolute atomic E-state index is 0.171. The highest BCUT2D eigenvalue weighted by molar-refractivity contribution is 7.90. The Balaban J connectivity index is 3.10. The molecular weight excluding hydrogens is 390 g/mol. The summed E-state index contributed by atoms with van der Waals surface area (Å²) in [4.78, 5) is 0. The molecule has 2 N–H and O–H groups in total. The van der Waals surface area contributed by atoms with Crippen LogP contribution in [0.3, 0.4) is 0 Å². The van der Waals surface area contributed by atoms with Gasteiger partial charge in [0.15, 0.2) is 0 Å². The summed E-state index contributed by atoms with van der Waals surface area (Å²) in [6, 6.07) is 4.30. The van der Waals surface area contributed by atoms with Crippen LogP contribution in [-0.2, 0) is 20.0 Å². The van der Waals surface area contributed by atoms with Crippen LogP contribution < -0.4 is 9.44 Å². The van der Waals surface area contributed by atoms with Gasteiger partial charge in [0.2, 0.25) is 0 Å². The third-order valence-electron chi connectivity index (χ3n) is 2.59. The molecule has 1 aromatic rings. The largest absolute Gasteiger partial charge is 0.511 e. The van der Waals surface area contributed by atoms with E-state index >= 15 is 0 Å². The second-order valence-electron chi connectivity index (χ2n) is 4.33. The zero-order valence-electron chi connectivity index (χ0n) is 11.4. The van der Waals surface area contributed by atoms with Crippen LogP contribution >= 0.6 is 0 Å². The SMILES string of the molecule is O=S(=O)(NCC(NS(=O)(=O)C(F)(F)F)c1ccccc1)C(F)(F)F. The molecule has 14 heteroatoms. The summed E-state index contributed by atoms with van der Waals surface area (Å²) in [6.07, 6.45) is 0. The molecule has 6 nitrogen and oxygen atoms in total. The van der Waals surface area contributed by atoms with E-state index in [2.05, 4.69) is 0 Å². The lowest BCUT2D eigenvalue weighted by Crippen LogP contribution is -2.45. The van der Waals surface area contributed by atoms with E-state index in [0.717, 1.165) is 21.6 Å². The Bertz CT molecular complexity index is 759. The molecule has 1 rings (SSSR count). The van der Waals surface area contributed by atoms with E-state index in [-0.39, 0.29) is 5.56 Å². The van der Waals surface area contributed by atoms with Crippen molar-refractivity contribution < 1.29 is 43.2 Å². The summed E-state index contributed by atoms with van der Waals surface area (Å²) >= 11 is 0. The molecule has 0 aliphatic heterocycles. The van der Waals surface area contributed by atoms with Crippen molar-refractivity contribution in [2.24, 2.45) is 0 Å². The van der Waals surface area contributed by atoms with E-state index in [1.165, 1.54) is 18.2 Å². The molecule has 0 aliphatic carbocycles. The van der Waals surface area contributed by atoms with Gasteiger partial charge in [-0.05, 0) is 5.56 Å². The van der Waals surface area contributed by atoms with Gasteiger partial charge in [0, 0.05) is 6.54 Å². The quantitative estimate of drug-likeness (QED) is 0.710. The standard InChI is InChI=1S/C10H10F6N2O4S2/c11-9(12,13)23(19,20)17-6-8(7-4-2-1-3-5-7)18-24(21,22)10(14,15)16/h1-5,8,17-18H,6H2. The second-order valence-corrected chi connectivity index (χ2v) is 7.79. The Labute approximate surface area is 133 Å². The first kappa shape index (κ1) is 20.7. The lowest BCUT2D eigenvalue weighted by molar-refractivity contribution is -0.0461. The number of alkyl halides is 6. The Kier molecular flexibility index (Phi) is 5.90. The number of hydrogen-bond donors (Lipinski definition) is 2. The van der Waals surface area contributed by atoms with Gasteiger partial charge in [0.05, 0.1) is 6.04 Å². The molecule has 0 aromatic heterocycles. The van der Waals surface area contributed by atoms with Crippen LogP contribution in [0.4, 0.5) is 26.3 Å². The van der Waals surface area contributed by atoms with Gasteiger partial charge in [-0.25, -0.2) is 21.6 Å². The van der Waals surface area contributed by atoms with Gasteiger partial charge >= 0.3 is 31.1 Å². The van der Waals surface area contributed by atoms with Crippen molar-refractivity contribution in [1.29, 1.82) is 0 Å². The molecule has 24 heavy (non-hydrogen) atoms. The molecule has 0 bridgehead atoms. The lowest BCUT2D eigenvalue weighted by atomic mass is 10.1. The number of halogens is 6. The fraction of sp³-hybridized carbons (Fsp3) is 0.400. The third-order valence-corrected chi connectivity index (χ3v) is 4.95. The predicted octanol–water partition coefficient (Wildman–Crippen LogP) is 1.61. The van der Waals surface area contributed by atoms with E-state index < -0.39 is 43.6 Å². The number of nitrogens with one attached hydrogen (secondary N) is 2. The summed E-state index contributed by atoms with van der Waals surface area (Å²) in [5.41, 5.74) is -11.6. The number of rotatable bonds is 6. The summed E-state index contributed by atoms with van der Waals surface area (Å²) in [5, 5.41) is 0. The summed E-state index contributed by atoms with van der Waals surface area (Å²) in [7, 11) is -11.8. The Morgan fingerprint density at radius 2 is 1.29 bits per heavy atom. The van der Waals surface area contributed by atoms with E-state index in [9.17, 15) is 43.2 Å². The maximum Gasteiger partial charge on any atom is 0.511 e. The summed E-state index contributed by atoms with van der Waals surface area (Å²) in [6.45, 7) is -1.28. The van der Waals surface area contributed by atoms with Crippen LogP contribution in [0, 0.1) is 0 Å². The molecular formula is C10H10F6N2O4S2. The fourth-order valence-corrected chi connectivity index (χ4v) is 2.72. The normalized spacial score (nSPS) is 15.2. The zero-order chi connectivity index (χ0) is 18.8. The number of benzene rings is 1. The van der Waals surface area contributed by atoms with Crippen molar-refractivity contribution in [3.63, 3.8) is 0 Å². The number of sulfonamides is 2. The van der Waals surface area contributed by atoms with E-state index in [1.807, 2.05) is 0 Å². The molecule has 0 spiro atoms. The molecule has 0 saturated carbocycles. The third kappa shape index (κ3) is 5.06. The van der Waals surface area contributed by atoms with Gasteiger partial charge in [-0.3, -0.25) is 0 Å². The molecule has 138 valence electrons. The first-order chi connectivity index (χ1) is 10.7. The molecule has 1 atom stereocenters. The first-order valence-electron chi connectivity index (χ1n) is 5.87. The first-order valence-corrected chi connectivity index (χ1v) is 8.83. The minimum Gasteiger partial charge on any atom is -0.205 e. The Hall–Kier alpha value is -1.38. The maximum atomic E-state index is 12.4. The highest BCUT2D eigenvalue weighted by atomic mass is 32.2. The summed E-state index contributed by atoms with van der Waals surface area (Å²) in [5.74, 6) is 0. The van der Waals surface area contributed by atoms with Crippen molar-refractivity contribution in [3.05, 3.63) is 35.9 Å². The van der Waals surface area contributed by atoms with E-state index in [1.54, 1.807) is 0 Å². The number of hydrogen-bond acceptors (Lipinski definition) is 4. The van der Waals surface area contributed by atoms with Crippen LogP contribution in [0.5, 0.6) is 0 Å². The van der Waals surface area contributed by atoms with Gasteiger partial charge in [-0.15, -0.1) is 0 Å². The molecule has 0 heterocycles. The predicted molar refractivity (Wildman–Crippen MR) is 70.3 cm³/mol. The average molecular weight is 400 g/mol. The molecule has 0 radical (unpaired) electrons. The van der Waals surface area contributed by atoms with E-state index in [0.29, 0.717) is 0 Å². The average Bonchev–Trinajstić information content (AvgIpc) is 2.42. The van der Waals surface area contributed by atoms with Crippen LogP contribution in [0.2, 0.25) is 0 Å². The van der Waals surface area contributed by atoms with Gasteiger partial charge < -0.3 is 0 Å². The van der Waals surface area contributed by atoms with Crippen LogP contribution in [0.15, 0.2) is 30.3 Å². The van der Waals surface area contributed by atoms with Crippen LogP contribution in [0.25, 0.3) is 0 Å². The zero-order valence-corrected chi connectivity index (χ0v) is 13.0. The molecule has 0 fully saturated rings. The van der Waals surface area contributed by atoms with Crippen molar-refractivity contribution in [2.75, 3.05) is 6.54 Å². The molecule has 0 saturated heterocycles. The van der Waals surface area contributed by atoms with Gasteiger partial charge in [-0.1, -0.05) is 30.3 Å². The second kappa shape index (κ2) is 6.85. The van der Waals surface area contributed by atoms with Crippen molar-refractivity contribution in [3.8, 4) is 0 Å². The van der Waals surface area contributed by atoms with Crippen molar-refractivity contribution in [1.82, 2.24) is 9.44 Å². The topological polar surface area (TPSA) is 92.3 Å². The Morgan fingerprint density at radius 1 is 0.833 bits per heavy atom. The maximum absolute atomic E-state index is 12.4. The van der Waals surface area contributed by atoms with Crippen molar-refractivity contribution in [2.45, 2.75) is 17.1 Å². The summed E-state index contributed by atoms with van der Waals surface area (Å²) < 4.78 is 120. The fourth-order valence-electron chi connectivity index (χ4n) is 1.44. The lowest BCUT2D eigenvalue weighted by Gasteiger charge is -2.21. The highest BCUT2D eigenvalue weighted by Crippen LogP contribution is 2.26. The molecule has 1 unspecified atom stereocenters. The molecule has 1 aromatic carbocycles. The van der Waals surface area contributed by atoms with E-state index in [4.69, 9.17) is 0 Å².